The fourth-order valence-electron chi connectivity index (χ4n) is 4.78. The second-order valence-electron chi connectivity index (χ2n) is 11.7. The molecule has 1 saturated heterocycles. The number of hydrogen-bond acceptors (Lipinski definition) is 10. The van der Waals surface area contributed by atoms with Crippen LogP contribution in [0.2, 0.25) is 0 Å². The van der Waals surface area contributed by atoms with Gasteiger partial charge in [0.05, 0.1) is 0 Å². The van der Waals surface area contributed by atoms with Gasteiger partial charge in [-0.25, -0.2) is 0 Å². The number of rotatable bonds is 19. The maximum atomic E-state index is 13.3. The maximum absolute atomic E-state index is 13.3. The van der Waals surface area contributed by atoms with Crippen molar-refractivity contribution in [3.63, 3.8) is 0 Å². The molecule has 1 aliphatic heterocycles. The number of carbonyl (C=O) groups excluding carboxylic acids is 6. The lowest BCUT2D eigenvalue weighted by atomic mass is 10.0. The van der Waals surface area contributed by atoms with Crippen LogP contribution < -0.4 is 27.0 Å². The zero-order valence-electron chi connectivity index (χ0n) is 26.6. The van der Waals surface area contributed by atoms with Gasteiger partial charge in [-0.2, -0.15) is 0 Å². The van der Waals surface area contributed by atoms with Crippen LogP contribution in [0.25, 0.3) is 0 Å². The number of amides is 5. The molecule has 0 spiro atoms. The third kappa shape index (κ3) is 13.3. The van der Waals surface area contributed by atoms with Crippen LogP contribution in [-0.2, 0) is 40.1 Å². The Hall–Kier alpha value is -3.88. The molecule has 1 fully saturated rings. The van der Waals surface area contributed by atoms with E-state index in [1.807, 2.05) is 0 Å². The highest BCUT2D eigenvalue weighted by atomic mass is 16.5. The predicted octanol–water partition coefficient (Wildman–Crippen LogP) is 0.874. The van der Waals surface area contributed by atoms with E-state index < -0.39 is 36.2 Å². The molecule has 0 aromatic heterocycles. The van der Waals surface area contributed by atoms with E-state index in [-0.39, 0.29) is 55.4 Å². The first kappa shape index (κ1) is 37.3. The van der Waals surface area contributed by atoms with Crippen LogP contribution in [0.5, 0.6) is 0 Å². The van der Waals surface area contributed by atoms with Crippen molar-refractivity contribution in [2.45, 2.75) is 97.7 Å². The number of likely N-dealkylation sites (tertiary alicyclic amines) is 1. The molecule has 14 heteroatoms. The largest absolute Gasteiger partial charge is 0.461 e. The van der Waals surface area contributed by atoms with Gasteiger partial charge in [0, 0.05) is 37.9 Å². The Morgan fingerprint density at radius 2 is 1.71 bits per heavy atom. The SMILES string of the molecule is CC(=O)OCc1ccc(NC(=O)[C@H](CCCNC(N)O)NC(=O)C(NC(=O)CCCCCN2C(=O)CC(C)C2=O)C(C)C)cc1. The summed E-state index contributed by atoms with van der Waals surface area (Å²) in [6.45, 7) is 7.36. The fourth-order valence-corrected chi connectivity index (χ4v) is 4.78. The Labute approximate surface area is 264 Å². The molecule has 0 radical (unpaired) electrons. The van der Waals surface area contributed by atoms with E-state index in [1.165, 1.54) is 11.8 Å². The molecule has 5 amide bonds. The van der Waals surface area contributed by atoms with Crippen molar-refractivity contribution in [2.75, 3.05) is 18.4 Å². The number of benzene rings is 1. The van der Waals surface area contributed by atoms with E-state index in [9.17, 15) is 33.9 Å². The monoisotopic (exact) mass is 632 g/mol. The summed E-state index contributed by atoms with van der Waals surface area (Å²) >= 11 is 0. The van der Waals surface area contributed by atoms with Gasteiger partial charge in [0.25, 0.3) is 0 Å². The molecule has 4 atom stereocenters. The highest BCUT2D eigenvalue weighted by Crippen LogP contribution is 2.19. The molecule has 1 aromatic carbocycles. The van der Waals surface area contributed by atoms with Gasteiger partial charge in [-0.15, -0.1) is 0 Å². The number of ether oxygens (including phenoxy) is 1. The molecule has 0 saturated carbocycles. The second kappa shape index (κ2) is 18.8. The Balaban J connectivity index is 1.93. The minimum absolute atomic E-state index is 0.102. The van der Waals surface area contributed by atoms with E-state index in [2.05, 4.69) is 21.3 Å². The van der Waals surface area contributed by atoms with E-state index in [1.54, 1.807) is 45.0 Å². The number of imide groups is 1. The second-order valence-corrected chi connectivity index (χ2v) is 11.7. The van der Waals surface area contributed by atoms with Crippen molar-refractivity contribution in [1.29, 1.82) is 0 Å². The van der Waals surface area contributed by atoms with Gasteiger partial charge in [0.2, 0.25) is 29.5 Å². The summed E-state index contributed by atoms with van der Waals surface area (Å²) < 4.78 is 4.97. The summed E-state index contributed by atoms with van der Waals surface area (Å²) in [6, 6.07) is 4.87. The third-order valence-electron chi connectivity index (χ3n) is 7.34. The molecule has 0 aliphatic carbocycles. The van der Waals surface area contributed by atoms with Gasteiger partial charge in [-0.3, -0.25) is 44.7 Å². The molecular weight excluding hydrogens is 584 g/mol. The van der Waals surface area contributed by atoms with Crippen LogP contribution in [0.15, 0.2) is 24.3 Å². The first-order chi connectivity index (χ1) is 21.3. The quantitative estimate of drug-likeness (QED) is 0.0549. The summed E-state index contributed by atoms with van der Waals surface area (Å²) in [6.07, 6.45) is 1.56. The molecule has 3 unspecified atom stereocenters. The molecule has 250 valence electrons. The normalized spacial score (nSPS) is 16.7. The average molecular weight is 633 g/mol. The Morgan fingerprint density at radius 1 is 1.02 bits per heavy atom. The highest BCUT2D eigenvalue weighted by molar-refractivity contribution is 6.03. The minimum atomic E-state index is -1.22. The van der Waals surface area contributed by atoms with Crippen LogP contribution in [0, 0.1) is 11.8 Å². The summed E-state index contributed by atoms with van der Waals surface area (Å²) in [5.74, 6) is -2.57. The summed E-state index contributed by atoms with van der Waals surface area (Å²) in [4.78, 5) is 75.6. The van der Waals surface area contributed by atoms with Crippen molar-refractivity contribution in [1.82, 2.24) is 20.9 Å². The lowest BCUT2D eigenvalue weighted by Crippen LogP contribution is -2.54. The van der Waals surface area contributed by atoms with Crippen molar-refractivity contribution >= 4 is 41.2 Å². The first-order valence-electron chi connectivity index (χ1n) is 15.4. The molecular formula is C31H48N6O8. The van der Waals surface area contributed by atoms with Crippen LogP contribution in [-0.4, -0.2) is 77.0 Å². The molecule has 1 heterocycles. The van der Waals surface area contributed by atoms with Gasteiger partial charge in [0.1, 0.15) is 18.7 Å². The number of aliphatic hydroxyl groups excluding tert-OH is 1. The van der Waals surface area contributed by atoms with E-state index in [0.29, 0.717) is 44.5 Å². The lowest BCUT2D eigenvalue weighted by molar-refractivity contribution is -0.142. The van der Waals surface area contributed by atoms with Crippen molar-refractivity contribution in [2.24, 2.45) is 17.6 Å². The molecule has 2 rings (SSSR count). The maximum Gasteiger partial charge on any atom is 0.302 e. The van der Waals surface area contributed by atoms with Crippen LogP contribution in [0.4, 0.5) is 5.69 Å². The van der Waals surface area contributed by atoms with Crippen LogP contribution in [0.1, 0.15) is 78.2 Å². The Bertz CT molecular complexity index is 1170. The predicted molar refractivity (Wildman–Crippen MR) is 166 cm³/mol. The Kier molecular flexibility index (Phi) is 15.6. The van der Waals surface area contributed by atoms with Crippen molar-refractivity contribution in [3.8, 4) is 0 Å². The zero-order chi connectivity index (χ0) is 33.5. The van der Waals surface area contributed by atoms with Gasteiger partial charge >= 0.3 is 5.97 Å². The number of anilines is 1. The van der Waals surface area contributed by atoms with Gasteiger partial charge in [0.15, 0.2) is 6.35 Å². The molecule has 1 aromatic rings. The standard InChI is InChI=1S/C31H48N6O8/c1-19(2)27(36-25(39)10-6-5-7-16-37-26(40)17-20(3)30(37)43)29(42)35-24(9-8-15-33-31(32)44)28(41)34-23-13-11-22(12-14-23)18-45-21(4)38/h11-14,19-20,24,27,31,33,44H,5-10,15-18,32H2,1-4H3,(H,34,41)(H,35,42)(H,36,39)/t20?,24-,27?,31?/m0/s1. The first-order valence-corrected chi connectivity index (χ1v) is 15.4. The van der Waals surface area contributed by atoms with Crippen LogP contribution >= 0.6 is 0 Å². The number of nitrogens with two attached hydrogens (primary N) is 1. The molecule has 7 N–H and O–H groups in total. The fraction of sp³-hybridized carbons (Fsp3) is 0.613. The van der Waals surface area contributed by atoms with Gasteiger partial charge in [-0.05, 0) is 55.8 Å². The molecule has 45 heavy (non-hydrogen) atoms. The topological polar surface area (TPSA) is 209 Å². The van der Waals surface area contributed by atoms with Gasteiger partial charge < -0.3 is 25.8 Å². The summed E-state index contributed by atoms with van der Waals surface area (Å²) in [5, 5.41) is 20.2. The number of aliphatic hydroxyl groups is 1. The molecule has 14 nitrogen and oxygen atoms in total. The average Bonchev–Trinajstić information content (AvgIpc) is 3.21. The Morgan fingerprint density at radius 3 is 2.29 bits per heavy atom. The number of nitrogens with zero attached hydrogens (tertiary/aromatic N) is 1. The van der Waals surface area contributed by atoms with E-state index in [0.717, 1.165) is 5.56 Å². The number of carbonyl (C=O) groups is 6. The third-order valence-corrected chi connectivity index (χ3v) is 7.34. The van der Waals surface area contributed by atoms with E-state index in [4.69, 9.17) is 10.5 Å². The number of unbranched alkanes of at least 4 members (excludes halogenated alkanes) is 2. The van der Waals surface area contributed by atoms with Gasteiger partial charge in [-0.1, -0.05) is 39.3 Å². The summed E-state index contributed by atoms with van der Waals surface area (Å²) in [7, 11) is 0. The number of esters is 1. The van der Waals surface area contributed by atoms with Crippen LogP contribution in [0.3, 0.4) is 0 Å². The summed E-state index contributed by atoms with van der Waals surface area (Å²) in [5.41, 5.74) is 6.53. The van der Waals surface area contributed by atoms with Crippen molar-refractivity contribution in [3.05, 3.63) is 29.8 Å². The lowest BCUT2D eigenvalue weighted by Gasteiger charge is -2.25. The highest BCUT2D eigenvalue weighted by Gasteiger charge is 2.35. The smallest absolute Gasteiger partial charge is 0.302 e. The van der Waals surface area contributed by atoms with E-state index >= 15 is 0 Å². The zero-order valence-corrected chi connectivity index (χ0v) is 26.6. The number of nitrogens with one attached hydrogen (secondary N) is 4. The van der Waals surface area contributed by atoms with Crippen molar-refractivity contribution < 1.29 is 38.6 Å². The number of hydrogen-bond donors (Lipinski definition) is 6. The molecule has 1 aliphatic rings. The minimum Gasteiger partial charge on any atom is -0.461 e. The molecule has 0 bridgehead atoms.